The number of rotatable bonds is 4. The molecule has 0 aromatic carbocycles. The molecule has 2 atom stereocenters. The van der Waals surface area contributed by atoms with Crippen molar-refractivity contribution in [3.05, 3.63) is 12.2 Å². The largest absolute Gasteiger partial charge is 0.481 e. The molecule has 0 fully saturated rings. The molecule has 0 aliphatic rings. The zero-order chi connectivity index (χ0) is 9.02. The number of aliphatic hydroxyl groups excluding tert-OH is 1. The van der Waals surface area contributed by atoms with Crippen molar-refractivity contribution >= 4 is 5.97 Å². The minimum absolute atomic E-state index is 0.0486. The number of aliphatic carboxylic acids is 1. The average molecular weight is 158 g/mol. The Morgan fingerprint density at radius 3 is 2.18 bits per heavy atom. The summed E-state index contributed by atoms with van der Waals surface area (Å²) in [5, 5.41) is 17.5. The van der Waals surface area contributed by atoms with Gasteiger partial charge in [0.1, 0.15) is 0 Å². The van der Waals surface area contributed by atoms with Gasteiger partial charge in [0.05, 0.1) is 12.5 Å². The minimum atomic E-state index is -0.904. The van der Waals surface area contributed by atoms with Gasteiger partial charge >= 0.3 is 5.97 Å². The van der Waals surface area contributed by atoms with E-state index in [1.54, 1.807) is 13.8 Å². The summed E-state index contributed by atoms with van der Waals surface area (Å²) in [6.07, 6.45) is -0.684. The van der Waals surface area contributed by atoms with E-state index in [-0.39, 0.29) is 12.3 Å². The van der Waals surface area contributed by atoms with Crippen LogP contribution in [0.3, 0.4) is 0 Å². The van der Waals surface area contributed by atoms with Gasteiger partial charge in [-0.2, -0.15) is 0 Å². The smallest absolute Gasteiger partial charge is 0.304 e. The van der Waals surface area contributed by atoms with Gasteiger partial charge in [-0.15, -0.1) is 0 Å². The molecule has 0 saturated heterocycles. The maximum Gasteiger partial charge on any atom is 0.304 e. The first-order valence-corrected chi connectivity index (χ1v) is 3.50. The maximum atomic E-state index is 10.3. The molecule has 2 N–H and O–H groups in total. The highest BCUT2D eigenvalue weighted by atomic mass is 16.4. The molecule has 0 amide bonds. The highest BCUT2D eigenvalue weighted by Gasteiger charge is 2.18. The van der Waals surface area contributed by atoms with Crippen LogP contribution in [0.25, 0.3) is 0 Å². The number of aliphatic hydroxyl groups is 1. The van der Waals surface area contributed by atoms with Crippen LogP contribution in [0.4, 0.5) is 0 Å². The lowest BCUT2D eigenvalue weighted by Gasteiger charge is -2.17. The van der Waals surface area contributed by atoms with Crippen molar-refractivity contribution < 1.29 is 15.0 Å². The molecular formula is C8H14O3. The van der Waals surface area contributed by atoms with Gasteiger partial charge in [-0.3, -0.25) is 4.79 Å². The lowest BCUT2D eigenvalue weighted by molar-refractivity contribution is -0.138. The second-order valence-electron chi connectivity index (χ2n) is 2.79. The first-order chi connectivity index (χ1) is 4.95. The summed E-state index contributed by atoms with van der Waals surface area (Å²) in [6, 6.07) is 0. The maximum absolute atomic E-state index is 10.3. The van der Waals surface area contributed by atoms with Gasteiger partial charge < -0.3 is 10.2 Å². The van der Waals surface area contributed by atoms with Crippen LogP contribution in [0.15, 0.2) is 12.2 Å². The van der Waals surface area contributed by atoms with E-state index >= 15 is 0 Å². The second-order valence-corrected chi connectivity index (χ2v) is 2.79. The molecule has 0 radical (unpaired) electrons. The fourth-order valence-corrected chi connectivity index (χ4v) is 0.945. The van der Waals surface area contributed by atoms with Gasteiger partial charge in [-0.25, -0.2) is 0 Å². The van der Waals surface area contributed by atoms with E-state index < -0.39 is 12.1 Å². The fourth-order valence-electron chi connectivity index (χ4n) is 0.945. The van der Waals surface area contributed by atoms with E-state index in [4.69, 9.17) is 10.2 Å². The summed E-state index contributed by atoms with van der Waals surface area (Å²) in [5.41, 5.74) is 0.711. The molecule has 0 saturated carbocycles. The minimum Gasteiger partial charge on any atom is -0.481 e. The Hall–Kier alpha value is -0.830. The molecule has 0 spiro atoms. The standard InChI is InChI=1S/C8H14O3/c1-5(2)7(6(3)9)4-8(10)11/h6-7,9H,1,4H2,2-3H3,(H,10,11). The van der Waals surface area contributed by atoms with Crippen molar-refractivity contribution in [3.63, 3.8) is 0 Å². The molecule has 0 heterocycles. The molecule has 0 rings (SSSR count). The summed E-state index contributed by atoms with van der Waals surface area (Å²) in [6.45, 7) is 6.90. The monoisotopic (exact) mass is 158 g/mol. The predicted molar refractivity (Wildman–Crippen MR) is 42.2 cm³/mol. The Morgan fingerprint density at radius 2 is 2.09 bits per heavy atom. The second kappa shape index (κ2) is 4.13. The fraction of sp³-hybridized carbons (Fsp3) is 0.625. The van der Waals surface area contributed by atoms with Gasteiger partial charge in [0.2, 0.25) is 0 Å². The van der Waals surface area contributed by atoms with E-state index in [2.05, 4.69) is 6.58 Å². The van der Waals surface area contributed by atoms with Crippen molar-refractivity contribution in [1.82, 2.24) is 0 Å². The Morgan fingerprint density at radius 1 is 1.64 bits per heavy atom. The van der Waals surface area contributed by atoms with Crippen molar-refractivity contribution in [2.45, 2.75) is 26.4 Å². The van der Waals surface area contributed by atoms with Crippen molar-refractivity contribution in [2.24, 2.45) is 5.92 Å². The van der Waals surface area contributed by atoms with Crippen LogP contribution in [0.2, 0.25) is 0 Å². The number of carbonyl (C=O) groups is 1. The van der Waals surface area contributed by atoms with Crippen molar-refractivity contribution in [2.75, 3.05) is 0 Å². The van der Waals surface area contributed by atoms with Gasteiger partial charge in [0.25, 0.3) is 0 Å². The molecule has 3 nitrogen and oxygen atoms in total. The molecule has 0 aromatic rings. The van der Waals surface area contributed by atoms with E-state index in [0.29, 0.717) is 5.57 Å². The zero-order valence-electron chi connectivity index (χ0n) is 6.87. The lowest BCUT2D eigenvalue weighted by Crippen LogP contribution is -2.20. The first-order valence-electron chi connectivity index (χ1n) is 3.50. The number of hydrogen-bond donors (Lipinski definition) is 2. The zero-order valence-corrected chi connectivity index (χ0v) is 6.87. The average Bonchev–Trinajstić information content (AvgIpc) is 1.81. The molecule has 2 unspecified atom stereocenters. The Balaban J connectivity index is 4.12. The van der Waals surface area contributed by atoms with Crippen LogP contribution >= 0.6 is 0 Å². The molecule has 64 valence electrons. The van der Waals surface area contributed by atoms with E-state index in [1.165, 1.54) is 0 Å². The lowest BCUT2D eigenvalue weighted by atomic mass is 9.93. The number of hydrogen-bond acceptors (Lipinski definition) is 2. The van der Waals surface area contributed by atoms with Gasteiger partial charge in [-0.1, -0.05) is 12.2 Å². The summed E-state index contributed by atoms with van der Waals surface area (Å²) >= 11 is 0. The van der Waals surface area contributed by atoms with E-state index in [9.17, 15) is 4.79 Å². The molecule has 3 heteroatoms. The van der Waals surface area contributed by atoms with E-state index in [0.717, 1.165) is 0 Å². The summed E-state index contributed by atoms with van der Waals surface area (Å²) in [4.78, 5) is 10.3. The molecule has 0 aliphatic carbocycles. The summed E-state index contributed by atoms with van der Waals surface area (Å²) in [7, 11) is 0. The predicted octanol–water partition coefficient (Wildman–Crippen LogP) is 1.03. The van der Waals surface area contributed by atoms with Crippen LogP contribution in [0.1, 0.15) is 20.3 Å². The summed E-state index contributed by atoms with van der Waals surface area (Å²) in [5.74, 6) is -1.23. The van der Waals surface area contributed by atoms with Gasteiger partial charge in [0, 0.05) is 5.92 Å². The van der Waals surface area contributed by atoms with Crippen molar-refractivity contribution in [3.8, 4) is 0 Å². The topological polar surface area (TPSA) is 57.5 Å². The summed E-state index contributed by atoms with van der Waals surface area (Å²) < 4.78 is 0. The first kappa shape index (κ1) is 10.2. The Labute approximate surface area is 66.4 Å². The normalized spacial score (nSPS) is 15.5. The number of carboxylic acids is 1. The number of carboxylic acid groups (broad SMARTS) is 1. The van der Waals surface area contributed by atoms with Gasteiger partial charge in [-0.05, 0) is 13.8 Å². The third kappa shape index (κ3) is 3.78. The molecular weight excluding hydrogens is 144 g/mol. The van der Waals surface area contributed by atoms with Crippen LogP contribution in [0, 0.1) is 5.92 Å². The van der Waals surface area contributed by atoms with Gasteiger partial charge in [0.15, 0.2) is 0 Å². The molecule has 0 aliphatic heterocycles. The molecule has 0 aromatic heterocycles. The van der Waals surface area contributed by atoms with Crippen LogP contribution in [-0.4, -0.2) is 22.3 Å². The molecule has 11 heavy (non-hydrogen) atoms. The van der Waals surface area contributed by atoms with Crippen molar-refractivity contribution in [1.29, 1.82) is 0 Å². The highest BCUT2D eigenvalue weighted by molar-refractivity contribution is 5.67. The van der Waals surface area contributed by atoms with Crippen LogP contribution in [0.5, 0.6) is 0 Å². The Kier molecular flexibility index (Phi) is 3.82. The highest BCUT2D eigenvalue weighted by Crippen LogP contribution is 2.17. The van der Waals surface area contributed by atoms with E-state index in [1.807, 2.05) is 0 Å². The van der Waals surface area contributed by atoms with Crippen LogP contribution in [-0.2, 0) is 4.79 Å². The van der Waals surface area contributed by atoms with Crippen LogP contribution < -0.4 is 0 Å². The SMILES string of the molecule is C=C(C)C(CC(=O)O)C(C)O. The third-order valence-electron chi connectivity index (χ3n) is 1.61. The quantitative estimate of drug-likeness (QED) is 0.601. The Bertz CT molecular complexity index is 161. The third-order valence-corrected chi connectivity index (χ3v) is 1.61. The molecule has 0 bridgehead atoms.